The average molecular weight is 164 g/mol. The molecular formula is C8H8N2S. The van der Waals surface area contributed by atoms with Gasteiger partial charge in [-0.1, -0.05) is 6.07 Å². The van der Waals surface area contributed by atoms with Crippen LogP contribution in [0.2, 0.25) is 0 Å². The van der Waals surface area contributed by atoms with Gasteiger partial charge in [0.15, 0.2) is 0 Å². The molecule has 0 fully saturated rings. The summed E-state index contributed by atoms with van der Waals surface area (Å²) in [7, 11) is 0. The lowest BCUT2D eigenvalue weighted by atomic mass is 10.1. The van der Waals surface area contributed by atoms with Crippen LogP contribution >= 0.6 is 11.9 Å². The predicted molar refractivity (Wildman–Crippen MR) is 47.9 cm³/mol. The average Bonchev–Trinajstić information content (AvgIpc) is 2.58. The second-order valence-electron chi connectivity index (χ2n) is 2.44. The van der Waals surface area contributed by atoms with E-state index in [4.69, 9.17) is 0 Å². The van der Waals surface area contributed by atoms with E-state index in [9.17, 15) is 0 Å². The summed E-state index contributed by atoms with van der Waals surface area (Å²) >= 11 is 1.62. The number of hydrogen-bond acceptors (Lipinski definition) is 3. The molecule has 3 heteroatoms. The van der Waals surface area contributed by atoms with E-state index in [2.05, 4.69) is 15.4 Å². The summed E-state index contributed by atoms with van der Waals surface area (Å²) in [5, 5.41) is 0. The van der Waals surface area contributed by atoms with Crippen LogP contribution in [-0.2, 0) is 0 Å². The SMILES string of the molecule is C1=NSCC1c1cccnc1. The maximum Gasteiger partial charge on any atom is 0.0324 e. The Morgan fingerprint density at radius 3 is 3.18 bits per heavy atom. The van der Waals surface area contributed by atoms with E-state index >= 15 is 0 Å². The van der Waals surface area contributed by atoms with Gasteiger partial charge >= 0.3 is 0 Å². The van der Waals surface area contributed by atoms with Crippen molar-refractivity contribution < 1.29 is 0 Å². The van der Waals surface area contributed by atoms with Crippen molar-refractivity contribution in [3.8, 4) is 0 Å². The van der Waals surface area contributed by atoms with Gasteiger partial charge in [0.1, 0.15) is 0 Å². The van der Waals surface area contributed by atoms with Crippen LogP contribution in [0, 0.1) is 0 Å². The molecule has 0 radical (unpaired) electrons. The third-order valence-electron chi connectivity index (χ3n) is 1.68. The second-order valence-corrected chi connectivity index (χ2v) is 3.25. The summed E-state index contributed by atoms with van der Waals surface area (Å²) in [6.45, 7) is 0. The Hall–Kier alpha value is -0.830. The Bertz CT molecular complexity index is 258. The first-order valence-electron chi connectivity index (χ1n) is 3.52. The Labute approximate surface area is 69.9 Å². The monoisotopic (exact) mass is 164 g/mol. The van der Waals surface area contributed by atoms with Gasteiger partial charge in [-0.05, 0) is 23.6 Å². The number of pyridine rings is 1. The van der Waals surface area contributed by atoms with Crippen LogP contribution < -0.4 is 0 Å². The van der Waals surface area contributed by atoms with Gasteiger partial charge in [0.05, 0.1) is 0 Å². The van der Waals surface area contributed by atoms with Crippen molar-refractivity contribution in [1.82, 2.24) is 4.98 Å². The van der Waals surface area contributed by atoms with Crippen molar-refractivity contribution in [3.05, 3.63) is 30.1 Å². The second kappa shape index (κ2) is 3.05. The van der Waals surface area contributed by atoms with Gasteiger partial charge in [-0.25, -0.2) is 4.40 Å². The molecule has 1 aliphatic heterocycles. The summed E-state index contributed by atoms with van der Waals surface area (Å²) in [6, 6.07) is 4.06. The number of aromatic nitrogens is 1. The quantitative estimate of drug-likeness (QED) is 0.592. The normalized spacial score (nSPS) is 22.4. The maximum atomic E-state index is 4.11. The number of nitrogens with zero attached hydrogens (tertiary/aromatic N) is 2. The van der Waals surface area contributed by atoms with E-state index in [-0.39, 0.29) is 0 Å². The molecule has 0 aliphatic carbocycles. The van der Waals surface area contributed by atoms with Gasteiger partial charge in [0.25, 0.3) is 0 Å². The fourth-order valence-electron chi connectivity index (χ4n) is 1.06. The van der Waals surface area contributed by atoms with Gasteiger partial charge < -0.3 is 0 Å². The van der Waals surface area contributed by atoms with Crippen LogP contribution in [-0.4, -0.2) is 17.0 Å². The molecule has 1 aromatic rings. The molecule has 56 valence electrons. The predicted octanol–water partition coefficient (Wildman–Crippen LogP) is 1.90. The molecule has 2 heterocycles. The highest BCUT2D eigenvalue weighted by molar-refractivity contribution is 7.98. The summed E-state index contributed by atoms with van der Waals surface area (Å²) in [5.74, 6) is 1.54. The number of rotatable bonds is 1. The zero-order valence-corrected chi connectivity index (χ0v) is 6.79. The Morgan fingerprint density at radius 2 is 2.55 bits per heavy atom. The molecule has 11 heavy (non-hydrogen) atoms. The van der Waals surface area contributed by atoms with E-state index < -0.39 is 0 Å². The maximum absolute atomic E-state index is 4.11. The van der Waals surface area contributed by atoms with Gasteiger partial charge in [0.2, 0.25) is 0 Å². The minimum absolute atomic E-state index is 0.480. The van der Waals surface area contributed by atoms with Crippen LogP contribution in [0.3, 0.4) is 0 Å². The Balaban J connectivity index is 2.23. The van der Waals surface area contributed by atoms with Crippen molar-refractivity contribution in [2.75, 3.05) is 5.75 Å². The van der Waals surface area contributed by atoms with E-state index in [1.54, 1.807) is 18.1 Å². The molecular weight excluding hydrogens is 156 g/mol. The van der Waals surface area contributed by atoms with Gasteiger partial charge in [-0.15, -0.1) is 0 Å². The highest BCUT2D eigenvalue weighted by Crippen LogP contribution is 2.24. The molecule has 0 saturated carbocycles. The molecule has 0 spiro atoms. The van der Waals surface area contributed by atoms with Crippen molar-refractivity contribution in [3.63, 3.8) is 0 Å². The fourth-order valence-corrected chi connectivity index (χ4v) is 1.82. The standard InChI is InChI=1S/C8H8N2S/c1-2-7(4-9-3-1)8-5-10-11-6-8/h1-5,8H,6H2. The van der Waals surface area contributed by atoms with E-state index in [0.717, 1.165) is 5.75 Å². The topological polar surface area (TPSA) is 25.2 Å². The van der Waals surface area contributed by atoms with Gasteiger partial charge in [0, 0.05) is 30.3 Å². The molecule has 1 atom stereocenters. The highest BCUT2D eigenvalue weighted by Gasteiger charge is 2.12. The minimum atomic E-state index is 0.480. The van der Waals surface area contributed by atoms with Crippen LogP contribution in [0.5, 0.6) is 0 Å². The Kier molecular flexibility index (Phi) is 1.90. The first-order chi connectivity index (χ1) is 5.47. The Morgan fingerprint density at radius 1 is 1.55 bits per heavy atom. The number of hydrogen-bond donors (Lipinski definition) is 0. The lowest BCUT2D eigenvalue weighted by molar-refractivity contribution is 1.05. The molecule has 2 rings (SSSR count). The molecule has 0 saturated heterocycles. The summed E-state index contributed by atoms with van der Waals surface area (Å²) < 4.78 is 4.11. The zero-order valence-electron chi connectivity index (χ0n) is 5.97. The van der Waals surface area contributed by atoms with Crippen molar-refractivity contribution in [2.24, 2.45) is 4.40 Å². The first kappa shape index (κ1) is 6.85. The molecule has 0 N–H and O–H groups in total. The van der Waals surface area contributed by atoms with E-state index in [0.29, 0.717) is 5.92 Å². The molecule has 1 unspecified atom stereocenters. The molecule has 1 aromatic heterocycles. The molecule has 0 aromatic carbocycles. The fraction of sp³-hybridized carbons (Fsp3) is 0.250. The summed E-state index contributed by atoms with van der Waals surface area (Å²) in [6.07, 6.45) is 5.69. The van der Waals surface area contributed by atoms with Crippen molar-refractivity contribution in [1.29, 1.82) is 0 Å². The van der Waals surface area contributed by atoms with Crippen LogP contribution in [0.4, 0.5) is 0 Å². The largest absolute Gasteiger partial charge is 0.264 e. The third-order valence-corrected chi connectivity index (χ3v) is 2.46. The van der Waals surface area contributed by atoms with Crippen molar-refractivity contribution >= 4 is 18.2 Å². The minimum Gasteiger partial charge on any atom is -0.264 e. The third kappa shape index (κ3) is 1.43. The highest BCUT2D eigenvalue weighted by atomic mass is 32.2. The van der Waals surface area contributed by atoms with Crippen molar-refractivity contribution in [2.45, 2.75) is 5.92 Å². The lowest BCUT2D eigenvalue weighted by Crippen LogP contribution is -1.98. The van der Waals surface area contributed by atoms with Gasteiger partial charge in [-0.2, -0.15) is 0 Å². The first-order valence-corrected chi connectivity index (χ1v) is 4.46. The zero-order chi connectivity index (χ0) is 7.52. The van der Waals surface area contributed by atoms with Crippen LogP contribution in [0.25, 0.3) is 0 Å². The molecule has 2 nitrogen and oxygen atoms in total. The lowest BCUT2D eigenvalue weighted by Gasteiger charge is -2.02. The smallest absolute Gasteiger partial charge is 0.0324 e. The van der Waals surface area contributed by atoms with Gasteiger partial charge in [-0.3, -0.25) is 4.98 Å². The van der Waals surface area contributed by atoms with Crippen LogP contribution in [0.1, 0.15) is 11.5 Å². The summed E-state index contributed by atoms with van der Waals surface area (Å²) in [4.78, 5) is 4.06. The van der Waals surface area contributed by atoms with E-state index in [1.165, 1.54) is 5.56 Å². The summed E-state index contributed by atoms with van der Waals surface area (Å²) in [5.41, 5.74) is 1.27. The van der Waals surface area contributed by atoms with Crippen LogP contribution in [0.15, 0.2) is 28.9 Å². The molecule has 1 aliphatic rings. The molecule has 0 bridgehead atoms. The van der Waals surface area contributed by atoms with E-state index in [1.807, 2.05) is 18.5 Å². The molecule has 0 amide bonds.